The highest BCUT2D eigenvalue weighted by Crippen LogP contribution is 2.39. The van der Waals surface area contributed by atoms with Crippen LogP contribution in [-0.4, -0.2) is 34.4 Å². The molecule has 3 aromatic rings. The van der Waals surface area contributed by atoms with Gasteiger partial charge in [0.2, 0.25) is 10.0 Å². The molecule has 1 aliphatic rings. The predicted octanol–water partition coefficient (Wildman–Crippen LogP) is 3.61. The first kappa shape index (κ1) is 17.9. The van der Waals surface area contributed by atoms with Crippen LogP contribution >= 0.6 is 0 Å². The Morgan fingerprint density at radius 2 is 2.00 bits per heavy atom. The number of hydrogen-bond donors (Lipinski definition) is 1. The number of aromatic nitrogens is 3. The Hall–Kier alpha value is -2.51. The summed E-state index contributed by atoms with van der Waals surface area (Å²) in [6.07, 6.45) is 8.49. The highest BCUT2D eigenvalue weighted by atomic mass is 32.2. The summed E-state index contributed by atoms with van der Waals surface area (Å²) in [5.74, 6) is 0. The molecule has 0 saturated carbocycles. The topological polar surface area (TPSA) is 79.0 Å². The lowest BCUT2D eigenvalue weighted by molar-refractivity contribution is 0.396. The number of aryl methyl sites for hydroxylation is 2. The van der Waals surface area contributed by atoms with Gasteiger partial charge in [0.05, 0.1) is 17.1 Å². The van der Waals surface area contributed by atoms with Crippen LogP contribution < -0.4 is 0 Å². The summed E-state index contributed by atoms with van der Waals surface area (Å²) in [6, 6.07) is 7.34. The molecule has 7 heteroatoms. The molecule has 6 nitrogen and oxygen atoms in total. The number of rotatable bonds is 4. The molecule has 27 heavy (non-hydrogen) atoms. The molecule has 1 N–H and O–H groups in total. The largest absolute Gasteiger partial charge is 0.285 e. The Morgan fingerprint density at radius 1 is 1.19 bits per heavy atom. The van der Waals surface area contributed by atoms with Gasteiger partial charge in [-0.2, -0.15) is 9.40 Å². The molecule has 0 amide bonds. The third-order valence-electron chi connectivity index (χ3n) is 5.26. The minimum absolute atomic E-state index is 0.178. The van der Waals surface area contributed by atoms with Crippen LogP contribution in [0, 0.1) is 13.8 Å². The first-order valence-corrected chi connectivity index (χ1v) is 10.4. The van der Waals surface area contributed by atoms with Crippen LogP contribution in [0.5, 0.6) is 0 Å². The molecule has 0 aliphatic carbocycles. The van der Waals surface area contributed by atoms with E-state index in [9.17, 15) is 8.42 Å². The van der Waals surface area contributed by atoms with Gasteiger partial charge >= 0.3 is 0 Å². The van der Waals surface area contributed by atoms with Crippen molar-refractivity contribution >= 4 is 10.0 Å². The monoisotopic (exact) mass is 382 g/mol. The fraction of sp³-hybridized carbons (Fsp3) is 0.300. The predicted molar refractivity (Wildman–Crippen MR) is 104 cm³/mol. The quantitative estimate of drug-likeness (QED) is 0.747. The van der Waals surface area contributed by atoms with Gasteiger partial charge in [0.15, 0.2) is 0 Å². The first-order valence-electron chi connectivity index (χ1n) is 9.00. The summed E-state index contributed by atoms with van der Waals surface area (Å²) in [4.78, 5) is 4.50. The van der Waals surface area contributed by atoms with E-state index in [1.807, 2.05) is 32.0 Å². The molecule has 1 aliphatic heterocycles. The van der Waals surface area contributed by atoms with Crippen LogP contribution in [0.3, 0.4) is 0 Å². The summed E-state index contributed by atoms with van der Waals surface area (Å²) >= 11 is 0. The van der Waals surface area contributed by atoms with Crippen LogP contribution in [0.2, 0.25) is 0 Å². The van der Waals surface area contributed by atoms with Crippen molar-refractivity contribution in [1.82, 2.24) is 19.5 Å². The van der Waals surface area contributed by atoms with Crippen molar-refractivity contribution < 1.29 is 8.42 Å². The number of nitrogens with one attached hydrogen (secondary N) is 1. The molecule has 1 saturated heterocycles. The van der Waals surface area contributed by atoms with E-state index >= 15 is 0 Å². The molecule has 0 spiro atoms. The van der Waals surface area contributed by atoms with E-state index in [2.05, 4.69) is 15.2 Å². The second-order valence-corrected chi connectivity index (χ2v) is 8.84. The maximum Gasteiger partial charge on any atom is 0.244 e. The maximum absolute atomic E-state index is 13.7. The average Bonchev–Trinajstić information content (AvgIpc) is 3.36. The zero-order chi connectivity index (χ0) is 19.0. The lowest BCUT2D eigenvalue weighted by atomic mass is 10.0. The minimum atomic E-state index is -3.67. The van der Waals surface area contributed by atoms with Crippen LogP contribution in [0.1, 0.15) is 35.6 Å². The molecular formula is C20H22N4O2S. The first-order chi connectivity index (χ1) is 13.0. The third-order valence-corrected chi connectivity index (χ3v) is 7.21. The lowest BCUT2D eigenvalue weighted by Gasteiger charge is -2.25. The molecule has 0 bridgehead atoms. The molecule has 2 aromatic heterocycles. The van der Waals surface area contributed by atoms with Gasteiger partial charge in [-0.25, -0.2) is 8.42 Å². The molecule has 1 unspecified atom stereocenters. The second-order valence-electron chi connectivity index (χ2n) is 6.98. The average molecular weight is 382 g/mol. The molecular weight excluding hydrogens is 360 g/mol. The van der Waals surface area contributed by atoms with E-state index in [4.69, 9.17) is 0 Å². The molecule has 1 fully saturated rings. The third kappa shape index (κ3) is 3.17. The highest BCUT2D eigenvalue weighted by molar-refractivity contribution is 7.89. The number of hydrogen-bond acceptors (Lipinski definition) is 4. The van der Waals surface area contributed by atoms with Gasteiger partial charge in [0.1, 0.15) is 0 Å². The number of H-pyrrole nitrogens is 1. The number of aromatic amines is 1. The SMILES string of the molecule is Cc1cc(-c2cn[nH]c2)c(S(=O)(=O)N2CCCC2c2cccnc2)cc1C. The summed E-state index contributed by atoms with van der Waals surface area (Å²) in [6.45, 7) is 4.44. The number of nitrogens with zero attached hydrogens (tertiary/aromatic N) is 3. The zero-order valence-corrected chi connectivity index (χ0v) is 16.2. The van der Waals surface area contributed by atoms with Gasteiger partial charge in [-0.3, -0.25) is 10.1 Å². The molecule has 4 rings (SSSR count). The Bertz CT molecular complexity index is 1050. The fourth-order valence-corrected chi connectivity index (χ4v) is 5.65. The smallest absolute Gasteiger partial charge is 0.244 e. The van der Waals surface area contributed by atoms with E-state index in [0.29, 0.717) is 17.0 Å². The minimum Gasteiger partial charge on any atom is -0.285 e. The number of benzene rings is 1. The van der Waals surface area contributed by atoms with Crippen molar-refractivity contribution in [1.29, 1.82) is 0 Å². The van der Waals surface area contributed by atoms with E-state index in [1.165, 1.54) is 0 Å². The van der Waals surface area contributed by atoms with E-state index < -0.39 is 10.0 Å². The normalized spacial score (nSPS) is 18.1. The van der Waals surface area contributed by atoms with Gasteiger partial charge in [-0.05, 0) is 61.6 Å². The number of pyridine rings is 1. The highest BCUT2D eigenvalue weighted by Gasteiger charge is 2.37. The zero-order valence-electron chi connectivity index (χ0n) is 15.4. The van der Waals surface area contributed by atoms with E-state index in [-0.39, 0.29) is 6.04 Å². The van der Waals surface area contributed by atoms with Gasteiger partial charge in [-0.15, -0.1) is 0 Å². The van der Waals surface area contributed by atoms with Crippen LogP contribution in [0.4, 0.5) is 0 Å². The summed E-state index contributed by atoms with van der Waals surface area (Å²) in [5, 5.41) is 6.77. The molecule has 140 valence electrons. The van der Waals surface area contributed by atoms with Crippen molar-refractivity contribution in [3.63, 3.8) is 0 Å². The standard InChI is InChI=1S/C20H22N4O2S/c1-14-9-18(17-12-22-23-13-17)20(10-15(14)2)27(25,26)24-8-4-6-19(24)16-5-3-7-21-11-16/h3,5,7,9-13,19H,4,6,8H2,1-2H3,(H,22,23). The number of sulfonamides is 1. The Balaban J connectivity index is 1.84. The van der Waals surface area contributed by atoms with Crippen LogP contribution in [0.15, 0.2) is 53.9 Å². The van der Waals surface area contributed by atoms with E-state index in [1.54, 1.807) is 35.2 Å². The summed E-state index contributed by atoms with van der Waals surface area (Å²) in [5.41, 5.74) is 4.40. The fourth-order valence-electron chi connectivity index (χ4n) is 3.69. The molecule has 1 aromatic carbocycles. The lowest BCUT2D eigenvalue weighted by Crippen LogP contribution is -2.31. The summed E-state index contributed by atoms with van der Waals surface area (Å²) < 4.78 is 29.0. The van der Waals surface area contributed by atoms with Crippen molar-refractivity contribution in [2.45, 2.75) is 37.6 Å². The Kier molecular flexibility index (Phi) is 4.57. The molecule has 3 heterocycles. The van der Waals surface area contributed by atoms with Crippen molar-refractivity contribution in [2.24, 2.45) is 0 Å². The van der Waals surface area contributed by atoms with Crippen LogP contribution in [-0.2, 0) is 10.0 Å². The van der Waals surface area contributed by atoms with Gasteiger partial charge in [0.25, 0.3) is 0 Å². The van der Waals surface area contributed by atoms with Gasteiger partial charge in [0, 0.05) is 36.3 Å². The van der Waals surface area contributed by atoms with Crippen LogP contribution in [0.25, 0.3) is 11.1 Å². The Morgan fingerprint density at radius 3 is 2.70 bits per heavy atom. The van der Waals surface area contributed by atoms with E-state index in [0.717, 1.165) is 35.1 Å². The maximum atomic E-state index is 13.7. The van der Waals surface area contributed by atoms with Gasteiger partial charge < -0.3 is 0 Å². The molecule has 1 atom stereocenters. The molecule has 0 radical (unpaired) electrons. The van der Waals surface area contributed by atoms with Crippen molar-refractivity contribution in [2.75, 3.05) is 6.54 Å². The van der Waals surface area contributed by atoms with Crippen molar-refractivity contribution in [3.8, 4) is 11.1 Å². The second kappa shape index (κ2) is 6.90. The van der Waals surface area contributed by atoms with Gasteiger partial charge in [-0.1, -0.05) is 6.07 Å². The summed E-state index contributed by atoms with van der Waals surface area (Å²) in [7, 11) is -3.67. The van der Waals surface area contributed by atoms with Crippen molar-refractivity contribution in [3.05, 3.63) is 65.7 Å². The Labute approximate surface area is 159 Å².